The third-order valence-electron chi connectivity index (χ3n) is 2.85. The van der Waals surface area contributed by atoms with Gasteiger partial charge in [0.1, 0.15) is 12.2 Å². The molecule has 1 aromatic heterocycles. The summed E-state index contributed by atoms with van der Waals surface area (Å²) in [6.07, 6.45) is 4.94. The second-order valence-corrected chi connectivity index (χ2v) is 5.53. The van der Waals surface area contributed by atoms with Crippen molar-refractivity contribution in [1.82, 2.24) is 9.78 Å². The Kier molecular flexibility index (Phi) is 3.54. The van der Waals surface area contributed by atoms with Crippen molar-refractivity contribution in [1.29, 1.82) is 0 Å². The first-order valence-electron chi connectivity index (χ1n) is 5.49. The molecular weight excluding hydrogens is 272 g/mol. The number of methoxy groups -OCH3 is 1. The van der Waals surface area contributed by atoms with Crippen LogP contribution in [-0.4, -0.2) is 33.9 Å². The van der Waals surface area contributed by atoms with Gasteiger partial charge in [0.05, 0.1) is 12.4 Å². The Balaban J connectivity index is 1.94. The number of hydrogen-bond donors (Lipinski definition) is 0. The van der Waals surface area contributed by atoms with E-state index >= 15 is 0 Å². The maximum atomic E-state index is 5.82. The molecule has 4 nitrogen and oxygen atoms in total. The second-order valence-electron chi connectivity index (χ2n) is 4.36. The summed E-state index contributed by atoms with van der Waals surface area (Å²) in [5.41, 5.74) is 0. The minimum absolute atomic E-state index is 0.138. The molecule has 0 N–H and O–H groups in total. The van der Waals surface area contributed by atoms with Crippen molar-refractivity contribution < 1.29 is 9.47 Å². The smallest absolute Gasteiger partial charge is 0.157 e. The number of rotatable bonds is 4. The Morgan fingerprint density at radius 3 is 2.81 bits per heavy atom. The Morgan fingerprint density at radius 1 is 1.56 bits per heavy atom. The molecule has 1 heterocycles. The molecule has 1 aliphatic carbocycles. The largest absolute Gasteiger partial charge is 0.484 e. The first-order valence-corrected chi connectivity index (χ1v) is 6.41. The highest BCUT2D eigenvalue weighted by Crippen LogP contribution is 2.33. The molecule has 5 heteroatoms. The predicted molar refractivity (Wildman–Crippen MR) is 65.2 cm³/mol. The number of ether oxygens (including phenoxy) is 2. The normalized spacial score (nSPS) is 29.2. The zero-order chi connectivity index (χ0) is 11.7. The lowest BCUT2D eigenvalue weighted by Crippen LogP contribution is -2.51. The predicted octanol–water partition coefficient (Wildman–Crippen LogP) is 2.39. The summed E-state index contributed by atoms with van der Waals surface area (Å²) in [6, 6.07) is 0.362. The van der Waals surface area contributed by atoms with Crippen LogP contribution in [0.3, 0.4) is 0 Å². The summed E-state index contributed by atoms with van der Waals surface area (Å²) in [5.74, 6) is 0.820. The van der Waals surface area contributed by atoms with E-state index in [1.807, 2.05) is 10.9 Å². The van der Waals surface area contributed by atoms with Gasteiger partial charge in [-0.05, 0) is 13.8 Å². The lowest BCUT2D eigenvalue weighted by atomic mass is 9.91. The molecule has 3 atom stereocenters. The van der Waals surface area contributed by atoms with Crippen LogP contribution in [0.25, 0.3) is 0 Å². The Labute approximate surface area is 104 Å². The van der Waals surface area contributed by atoms with Crippen LogP contribution in [0.2, 0.25) is 0 Å². The molecule has 0 aliphatic heterocycles. The molecule has 0 amide bonds. The summed E-state index contributed by atoms with van der Waals surface area (Å²) >= 11 is 3.54. The summed E-state index contributed by atoms with van der Waals surface area (Å²) in [5, 5.41) is 4.24. The summed E-state index contributed by atoms with van der Waals surface area (Å²) < 4.78 is 13.0. The van der Waals surface area contributed by atoms with Gasteiger partial charge in [0.25, 0.3) is 0 Å². The lowest BCUT2D eigenvalue weighted by molar-refractivity contribution is -0.0545. The third kappa shape index (κ3) is 2.25. The zero-order valence-electron chi connectivity index (χ0n) is 9.76. The summed E-state index contributed by atoms with van der Waals surface area (Å²) in [6.45, 7) is 4.18. The quantitative estimate of drug-likeness (QED) is 0.799. The van der Waals surface area contributed by atoms with Gasteiger partial charge in [-0.25, -0.2) is 0 Å². The van der Waals surface area contributed by atoms with Crippen LogP contribution < -0.4 is 4.74 Å². The SMILES string of the molecule is COC1C(Br)CC1Oc1cnn(C(C)C)c1. The van der Waals surface area contributed by atoms with Gasteiger partial charge < -0.3 is 9.47 Å². The lowest BCUT2D eigenvalue weighted by Gasteiger charge is -2.39. The fourth-order valence-corrected chi connectivity index (χ4v) is 2.71. The molecule has 0 aromatic carbocycles. The van der Waals surface area contributed by atoms with Gasteiger partial charge in [-0.2, -0.15) is 5.10 Å². The van der Waals surface area contributed by atoms with E-state index in [4.69, 9.17) is 9.47 Å². The van der Waals surface area contributed by atoms with Gasteiger partial charge >= 0.3 is 0 Å². The van der Waals surface area contributed by atoms with Crippen molar-refractivity contribution in [2.75, 3.05) is 7.11 Å². The van der Waals surface area contributed by atoms with Crippen molar-refractivity contribution >= 4 is 15.9 Å². The van der Waals surface area contributed by atoms with Crippen LogP contribution in [0, 0.1) is 0 Å². The van der Waals surface area contributed by atoms with Crippen molar-refractivity contribution in [2.45, 2.75) is 43.3 Å². The third-order valence-corrected chi connectivity index (χ3v) is 3.74. The van der Waals surface area contributed by atoms with Crippen LogP contribution in [0.4, 0.5) is 0 Å². The molecule has 3 unspecified atom stereocenters. The molecule has 0 bridgehead atoms. The highest BCUT2D eigenvalue weighted by atomic mass is 79.9. The van der Waals surface area contributed by atoms with Crippen LogP contribution in [0.5, 0.6) is 5.75 Å². The fourth-order valence-electron chi connectivity index (χ4n) is 1.78. The summed E-state index contributed by atoms with van der Waals surface area (Å²) in [7, 11) is 1.71. The standard InChI is InChI=1S/C11H17BrN2O2/c1-7(2)14-6-8(5-13-14)16-10-4-9(12)11(10)15-3/h5-7,9-11H,4H2,1-3H3. The minimum Gasteiger partial charge on any atom is -0.484 e. The topological polar surface area (TPSA) is 36.3 Å². The van der Waals surface area contributed by atoms with Gasteiger partial charge in [0.2, 0.25) is 0 Å². The number of nitrogens with zero attached hydrogens (tertiary/aromatic N) is 2. The molecule has 0 saturated heterocycles. The maximum absolute atomic E-state index is 5.82. The van der Waals surface area contributed by atoms with Crippen molar-refractivity contribution in [2.24, 2.45) is 0 Å². The van der Waals surface area contributed by atoms with E-state index in [-0.39, 0.29) is 12.2 Å². The Morgan fingerprint density at radius 2 is 2.31 bits per heavy atom. The maximum Gasteiger partial charge on any atom is 0.157 e. The molecule has 1 aromatic rings. The van der Waals surface area contributed by atoms with Crippen molar-refractivity contribution in [3.8, 4) is 5.75 Å². The van der Waals surface area contributed by atoms with Crippen LogP contribution in [0.1, 0.15) is 26.3 Å². The average Bonchev–Trinajstić information content (AvgIpc) is 2.66. The van der Waals surface area contributed by atoms with Crippen LogP contribution in [0.15, 0.2) is 12.4 Å². The van der Waals surface area contributed by atoms with E-state index in [1.165, 1.54) is 0 Å². The van der Waals surface area contributed by atoms with E-state index in [2.05, 4.69) is 34.9 Å². The van der Waals surface area contributed by atoms with Gasteiger partial charge in [0, 0.05) is 24.4 Å². The monoisotopic (exact) mass is 288 g/mol. The molecule has 0 radical (unpaired) electrons. The van der Waals surface area contributed by atoms with Gasteiger partial charge in [0.15, 0.2) is 5.75 Å². The van der Waals surface area contributed by atoms with Gasteiger partial charge in [-0.3, -0.25) is 4.68 Å². The number of halogens is 1. The van der Waals surface area contributed by atoms with Crippen molar-refractivity contribution in [3.05, 3.63) is 12.4 Å². The number of hydrogen-bond acceptors (Lipinski definition) is 3. The molecular formula is C11H17BrN2O2. The fraction of sp³-hybridized carbons (Fsp3) is 0.727. The van der Waals surface area contributed by atoms with E-state index in [1.54, 1.807) is 13.3 Å². The zero-order valence-corrected chi connectivity index (χ0v) is 11.3. The second kappa shape index (κ2) is 4.75. The molecule has 1 fully saturated rings. The van der Waals surface area contributed by atoms with Gasteiger partial charge in [-0.1, -0.05) is 15.9 Å². The first-order chi connectivity index (χ1) is 7.61. The molecule has 0 spiro atoms. The van der Waals surface area contributed by atoms with E-state index < -0.39 is 0 Å². The number of aromatic nitrogens is 2. The van der Waals surface area contributed by atoms with Crippen molar-refractivity contribution in [3.63, 3.8) is 0 Å². The van der Waals surface area contributed by atoms with Crippen LogP contribution >= 0.6 is 15.9 Å². The average molecular weight is 289 g/mol. The number of alkyl halides is 1. The molecule has 1 aliphatic rings. The molecule has 90 valence electrons. The Hall–Kier alpha value is -0.550. The molecule has 1 saturated carbocycles. The van der Waals surface area contributed by atoms with E-state index in [0.717, 1.165) is 12.2 Å². The van der Waals surface area contributed by atoms with Crippen LogP contribution in [-0.2, 0) is 4.74 Å². The highest BCUT2D eigenvalue weighted by Gasteiger charge is 2.41. The first kappa shape index (κ1) is 11.9. The van der Waals surface area contributed by atoms with Gasteiger partial charge in [-0.15, -0.1) is 0 Å². The minimum atomic E-state index is 0.138. The molecule has 16 heavy (non-hydrogen) atoms. The summed E-state index contributed by atoms with van der Waals surface area (Å²) in [4.78, 5) is 0.405. The molecule has 2 rings (SSSR count). The highest BCUT2D eigenvalue weighted by molar-refractivity contribution is 9.09. The van der Waals surface area contributed by atoms with E-state index in [0.29, 0.717) is 10.9 Å². The Bertz CT molecular complexity index is 354. The van der Waals surface area contributed by atoms with E-state index in [9.17, 15) is 0 Å².